The summed E-state index contributed by atoms with van der Waals surface area (Å²) in [6.45, 7) is 46.3. The SMILES string of the molecule is C=C(C)C(=C)N=CC.C=CC(C)C.CC.CC.CC.CC[C@H](CC(C)C)[C@H](C)CC.CCc1ccc(F)c(C)c1. The smallest absolute Gasteiger partial charge is 0.126 e. The number of hydrogen-bond acceptors (Lipinski definition) is 1. The summed E-state index contributed by atoms with van der Waals surface area (Å²) in [6.07, 6.45) is 8.70. The molecule has 0 unspecified atom stereocenters. The second-order valence-corrected chi connectivity index (χ2v) is 9.71. The monoisotopic (exact) mass is 564 g/mol. The van der Waals surface area contributed by atoms with E-state index in [9.17, 15) is 4.39 Å². The Morgan fingerprint density at radius 2 is 1.35 bits per heavy atom. The van der Waals surface area contributed by atoms with Gasteiger partial charge in [-0.1, -0.05) is 141 Å². The molecular weight excluding hydrogens is 489 g/mol. The predicted octanol–water partition coefficient (Wildman–Crippen LogP) is 13.9. The molecule has 0 saturated heterocycles. The Morgan fingerprint density at radius 3 is 1.57 bits per heavy atom. The van der Waals surface area contributed by atoms with Crippen LogP contribution >= 0.6 is 0 Å². The number of halogens is 1. The second-order valence-electron chi connectivity index (χ2n) is 9.71. The Hall–Kier alpha value is -1.96. The van der Waals surface area contributed by atoms with Crippen molar-refractivity contribution in [3.8, 4) is 0 Å². The number of nitrogens with zero attached hydrogens (tertiary/aromatic N) is 1. The lowest BCUT2D eigenvalue weighted by molar-refractivity contribution is 0.284. The van der Waals surface area contributed by atoms with Crippen LogP contribution in [0.25, 0.3) is 0 Å². The lowest BCUT2D eigenvalue weighted by atomic mass is 9.83. The molecule has 0 saturated carbocycles. The molecule has 238 valence electrons. The molecule has 0 aliphatic rings. The van der Waals surface area contributed by atoms with E-state index in [1.807, 2.05) is 73.6 Å². The maximum absolute atomic E-state index is 12.6. The molecule has 0 aromatic heterocycles. The molecule has 0 spiro atoms. The zero-order chi connectivity index (χ0) is 33.3. The van der Waals surface area contributed by atoms with E-state index in [0.29, 0.717) is 5.92 Å². The summed E-state index contributed by atoms with van der Waals surface area (Å²) < 4.78 is 12.6. The first-order valence-corrected chi connectivity index (χ1v) is 16.0. The average molecular weight is 564 g/mol. The summed E-state index contributed by atoms with van der Waals surface area (Å²) in [5, 5.41) is 0. The van der Waals surface area contributed by atoms with Crippen molar-refractivity contribution in [3.05, 3.63) is 72.2 Å². The second kappa shape index (κ2) is 39.2. The van der Waals surface area contributed by atoms with Gasteiger partial charge in [-0.05, 0) is 80.1 Å². The van der Waals surface area contributed by atoms with Gasteiger partial charge < -0.3 is 0 Å². The quantitative estimate of drug-likeness (QED) is 0.161. The maximum Gasteiger partial charge on any atom is 0.126 e. The molecule has 0 bridgehead atoms. The molecular formula is C38H74FN. The van der Waals surface area contributed by atoms with E-state index in [-0.39, 0.29) is 5.82 Å². The molecule has 1 aromatic carbocycles. The van der Waals surface area contributed by atoms with Gasteiger partial charge in [0.25, 0.3) is 0 Å². The molecule has 1 nitrogen and oxygen atoms in total. The van der Waals surface area contributed by atoms with Gasteiger partial charge in [0, 0.05) is 6.21 Å². The van der Waals surface area contributed by atoms with Gasteiger partial charge in [0.2, 0.25) is 0 Å². The van der Waals surface area contributed by atoms with E-state index in [0.717, 1.165) is 41.0 Å². The Bertz CT molecular complexity index is 697. The van der Waals surface area contributed by atoms with Gasteiger partial charge in [0.15, 0.2) is 0 Å². The van der Waals surface area contributed by atoms with Crippen molar-refractivity contribution in [2.24, 2.45) is 28.7 Å². The van der Waals surface area contributed by atoms with Crippen LogP contribution in [-0.2, 0) is 6.42 Å². The van der Waals surface area contributed by atoms with E-state index in [2.05, 4.69) is 80.1 Å². The number of aryl methyl sites for hydroxylation is 2. The van der Waals surface area contributed by atoms with Crippen LogP contribution in [-0.4, -0.2) is 6.21 Å². The summed E-state index contributed by atoms with van der Waals surface area (Å²) in [5.41, 5.74) is 3.61. The molecule has 2 heteroatoms. The van der Waals surface area contributed by atoms with Crippen LogP contribution < -0.4 is 0 Å². The standard InChI is InChI=1S/C11H24.C9H11F.C7H11N.C5H10.3C2H6/c1-6-10(5)11(7-2)8-9(3)4;1-3-8-4-5-9(10)7(2)6-8;1-5-8-7(4)6(2)3;1-4-5(2)3;3*1-2/h9-11H,6-8H2,1-5H3;4-6H,3H2,1-2H3;5H,2,4H2,1,3H3;4-5H,1H2,2-3H3;3*1-2H3/t10-,11-;;;;;;/m1....../s1. The molecule has 40 heavy (non-hydrogen) atoms. The minimum Gasteiger partial charge on any atom is -0.262 e. The van der Waals surface area contributed by atoms with Crippen LogP contribution in [0.15, 0.2) is 60.3 Å². The molecule has 0 heterocycles. The topological polar surface area (TPSA) is 12.4 Å². The Kier molecular flexibility index (Phi) is 49.8. The Labute approximate surface area is 254 Å². The van der Waals surface area contributed by atoms with Crippen molar-refractivity contribution in [2.45, 2.75) is 143 Å². The highest BCUT2D eigenvalue weighted by molar-refractivity contribution is 5.56. The highest BCUT2D eigenvalue weighted by Gasteiger charge is 2.14. The largest absolute Gasteiger partial charge is 0.262 e. The number of rotatable bonds is 9. The van der Waals surface area contributed by atoms with E-state index in [1.54, 1.807) is 13.1 Å². The fraction of sp³-hybridized carbons (Fsp3) is 0.658. The van der Waals surface area contributed by atoms with E-state index in [1.165, 1.54) is 30.9 Å². The highest BCUT2D eigenvalue weighted by Crippen LogP contribution is 2.25. The minimum atomic E-state index is -0.114. The third-order valence-corrected chi connectivity index (χ3v) is 5.63. The van der Waals surface area contributed by atoms with Crippen molar-refractivity contribution >= 4 is 6.21 Å². The fourth-order valence-corrected chi connectivity index (χ4v) is 2.93. The number of aliphatic imine (C=N–C) groups is 1. The van der Waals surface area contributed by atoms with Crippen LogP contribution in [0.1, 0.15) is 141 Å². The van der Waals surface area contributed by atoms with Crippen LogP contribution in [0, 0.1) is 36.4 Å². The van der Waals surface area contributed by atoms with Gasteiger partial charge >= 0.3 is 0 Å². The Balaban J connectivity index is -0.0000000927. The number of allylic oxidation sites excluding steroid dienone is 2. The highest BCUT2D eigenvalue weighted by atomic mass is 19.1. The van der Waals surface area contributed by atoms with Crippen molar-refractivity contribution in [1.29, 1.82) is 0 Å². The van der Waals surface area contributed by atoms with Gasteiger partial charge in [-0.15, -0.1) is 6.58 Å². The third-order valence-electron chi connectivity index (χ3n) is 5.63. The zero-order valence-electron chi connectivity index (χ0n) is 30.5. The Morgan fingerprint density at radius 1 is 0.900 bits per heavy atom. The van der Waals surface area contributed by atoms with Crippen molar-refractivity contribution in [1.82, 2.24) is 0 Å². The van der Waals surface area contributed by atoms with Gasteiger partial charge in [-0.3, -0.25) is 4.99 Å². The van der Waals surface area contributed by atoms with Crippen molar-refractivity contribution < 1.29 is 4.39 Å². The first-order chi connectivity index (χ1) is 18.8. The first kappa shape index (κ1) is 50.8. The van der Waals surface area contributed by atoms with E-state index < -0.39 is 0 Å². The summed E-state index contributed by atoms with van der Waals surface area (Å²) in [6, 6.07) is 5.23. The fourth-order valence-electron chi connectivity index (χ4n) is 2.93. The van der Waals surface area contributed by atoms with Crippen LogP contribution in [0.4, 0.5) is 4.39 Å². The van der Waals surface area contributed by atoms with Gasteiger partial charge in [-0.2, -0.15) is 0 Å². The van der Waals surface area contributed by atoms with E-state index in [4.69, 9.17) is 0 Å². The lowest BCUT2D eigenvalue weighted by Gasteiger charge is -2.23. The van der Waals surface area contributed by atoms with Crippen LogP contribution in [0.5, 0.6) is 0 Å². The van der Waals surface area contributed by atoms with Crippen LogP contribution in [0.3, 0.4) is 0 Å². The van der Waals surface area contributed by atoms with Crippen molar-refractivity contribution in [2.75, 3.05) is 0 Å². The summed E-state index contributed by atoms with van der Waals surface area (Å²) in [5.74, 6) is 3.28. The first-order valence-electron chi connectivity index (χ1n) is 16.0. The maximum atomic E-state index is 12.6. The molecule has 0 amide bonds. The lowest BCUT2D eigenvalue weighted by Crippen LogP contribution is -2.12. The molecule has 0 radical (unpaired) electrons. The summed E-state index contributed by atoms with van der Waals surface area (Å²) in [4.78, 5) is 3.91. The molecule has 1 aromatic rings. The predicted molar refractivity (Wildman–Crippen MR) is 190 cm³/mol. The zero-order valence-corrected chi connectivity index (χ0v) is 30.5. The molecule has 0 N–H and O–H groups in total. The molecule has 0 fully saturated rings. The van der Waals surface area contributed by atoms with Gasteiger partial charge in [-0.25, -0.2) is 4.39 Å². The van der Waals surface area contributed by atoms with Gasteiger partial charge in [0.05, 0.1) is 5.70 Å². The normalized spacial score (nSPS) is 10.6. The summed E-state index contributed by atoms with van der Waals surface area (Å²) in [7, 11) is 0. The van der Waals surface area contributed by atoms with E-state index >= 15 is 0 Å². The molecule has 0 aliphatic heterocycles. The molecule has 0 aliphatic carbocycles. The van der Waals surface area contributed by atoms with Gasteiger partial charge in [0.1, 0.15) is 5.82 Å². The summed E-state index contributed by atoms with van der Waals surface area (Å²) >= 11 is 0. The van der Waals surface area contributed by atoms with Crippen molar-refractivity contribution in [3.63, 3.8) is 0 Å². The number of hydrogen-bond donors (Lipinski definition) is 0. The van der Waals surface area contributed by atoms with Crippen LogP contribution in [0.2, 0.25) is 0 Å². The third kappa shape index (κ3) is 38.2. The minimum absolute atomic E-state index is 0.114. The number of benzene rings is 1. The molecule has 2 atom stereocenters. The molecule has 1 rings (SSSR count). The average Bonchev–Trinajstić information content (AvgIpc) is 2.96.